The maximum absolute atomic E-state index is 11.6. The fourth-order valence-electron chi connectivity index (χ4n) is 2.09. The molecular weight excluding hydrogens is 268 g/mol. The number of hydrogen-bond donors (Lipinski definition) is 1. The summed E-state index contributed by atoms with van der Waals surface area (Å²) < 4.78 is 5.22. The van der Waals surface area contributed by atoms with Gasteiger partial charge in [0.25, 0.3) is 0 Å². The first-order valence-corrected chi connectivity index (χ1v) is 7.49. The number of rotatable bonds is 10. The molecule has 4 heteroatoms. The Bertz CT molecular complexity index is 428. The van der Waals surface area contributed by atoms with Gasteiger partial charge in [-0.15, -0.1) is 0 Å². The third-order valence-corrected chi connectivity index (χ3v) is 3.42. The molecule has 116 valence electrons. The Labute approximate surface area is 126 Å². The highest BCUT2D eigenvalue weighted by Crippen LogP contribution is 2.15. The number of carbonyl (C=O) groups excluding carboxylic acids is 1. The van der Waals surface area contributed by atoms with E-state index in [9.17, 15) is 9.59 Å². The number of hydrogen-bond acceptors (Lipinski definition) is 3. The van der Waals surface area contributed by atoms with Crippen LogP contribution in [0.3, 0.4) is 0 Å². The monoisotopic (exact) mass is 292 g/mol. The SMILES string of the molecule is CC(CCCCC(=O)O)CCC(=O)OCc1ccccc1. The second kappa shape index (κ2) is 9.97. The van der Waals surface area contributed by atoms with E-state index in [4.69, 9.17) is 9.84 Å². The molecule has 1 unspecified atom stereocenters. The maximum atomic E-state index is 11.6. The van der Waals surface area contributed by atoms with Crippen molar-refractivity contribution in [1.82, 2.24) is 0 Å². The van der Waals surface area contributed by atoms with Gasteiger partial charge in [0.15, 0.2) is 0 Å². The summed E-state index contributed by atoms with van der Waals surface area (Å²) >= 11 is 0. The van der Waals surface area contributed by atoms with E-state index >= 15 is 0 Å². The fraction of sp³-hybridized carbons (Fsp3) is 0.529. The number of carbonyl (C=O) groups is 2. The molecule has 1 aromatic rings. The molecule has 0 aliphatic rings. The van der Waals surface area contributed by atoms with Crippen LogP contribution in [0.5, 0.6) is 0 Å². The Hall–Kier alpha value is -1.84. The first kappa shape index (κ1) is 17.2. The van der Waals surface area contributed by atoms with E-state index in [2.05, 4.69) is 6.92 Å². The lowest BCUT2D eigenvalue weighted by atomic mass is 9.98. The highest BCUT2D eigenvalue weighted by atomic mass is 16.5. The van der Waals surface area contributed by atoms with Gasteiger partial charge in [-0.2, -0.15) is 0 Å². The summed E-state index contributed by atoms with van der Waals surface area (Å²) in [6, 6.07) is 9.62. The maximum Gasteiger partial charge on any atom is 0.306 e. The van der Waals surface area contributed by atoms with Crippen molar-refractivity contribution in [1.29, 1.82) is 0 Å². The molecule has 4 nitrogen and oxygen atoms in total. The molecule has 1 atom stereocenters. The average Bonchev–Trinajstić information content (AvgIpc) is 2.48. The molecule has 0 fully saturated rings. The van der Waals surface area contributed by atoms with E-state index in [1.165, 1.54) is 0 Å². The third-order valence-electron chi connectivity index (χ3n) is 3.42. The summed E-state index contributed by atoms with van der Waals surface area (Å²) in [5, 5.41) is 8.55. The van der Waals surface area contributed by atoms with Crippen molar-refractivity contribution in [3.63, 3.8) is 0 Å². The van der Waals surface area contributed by atoms with Gasteiger partial charge in [-0.1, -0.05) is 50.1 Å². The first-order valence-electron chi connectivity index (χ1n) is 7.49. The summed E-state index contributed by atoms with van der Waals surface area (Å²) in [5.74, 6) is -0.494. The zero-order valence-electron chi connectivity index (χ0n) is 12.6. The summed E-state index contributed by atoms with van der Waals surface area (Å²) in [4.78, 5) is 22.0. The number of carboxylic acids is 1. The van der Waals surface area contributed by atoms with Crippen LogP contribution in [0.4, 0.5) is 0 Å². The minimum Gasteiger partial charge on any atom is -0.481 e. The van der Waals surface area contributed by atoms with Gasteiger partial charge in [-0.3, -0.25) is 9.59 Å². The number of carboxylic acid groups (broad SMARTS) is 1. The molecule has 21 heavy (non-hydrogen) atoms. The normalized spacial score (nSPS) is 11.9. The second-order valence-electron chi connectivity index (χ2n) is 5.43. The molecule has 1 rings (SSSR count). The predicted octanol–water partition coefficient (Wildman–Crippen LogP) is 3.79. The van der Waals surface area contributed by atoms with E-state index in [-0.39, 0.29) is 12.4 Å². The van der Waals surface area contributed by atoms with E-state index in [1.807, 2.05) is 30.3 Å². The average molecular weight is 292 g/mol. The van der Waals surface area contributed by atoms with Crippen LogP contribution in [0.15, 0.2) is 30.3 Å². The van der Waals surface area contributed by atoms with Crippen molar-refractivity contribution in [3.8, 4) is 0 Å². The molecule has 0 saturated carbocycles. The van der Waals surface area contributed by atoms with Crippen LogP contribution in [0, 0.1) is 5.92 Å². The molecule has 0 spiro atoms. The Balaban J connectivity index is 2.08. The van der Waals surface area contributed by atoms with Crippen molar-refractivity contribution < 1.29 is 19.4 Å². The van der Waals surface area contributed by atoms with Crippen molar-refractivity contribution >= 4 is 11.9 Å². The first-order chi connectivity index (χ1) is 10.1. The van der Waals surface area contributed by atoms with E-state index in [0.29, 0.717) is 25.4 Å². The molecule has 0 heterocycles. The number of esters is 1. The summed E-state index contributed by atoms with van der Waals surface area (Å²) in [5.41, 5.74) is 0.993. The molecule has 0 aliphatic heterocycles. The topological polar surface area (TPSA) is 63.6 Å². The second-order valence-corrected chi connectivity index (χ2v) is 5.43. The van der Waals surface area contributed by atoms with Crippen molar-refractivity contribution in [2.45, 2.75) is 52.1 Å². The number of aliphatic carboxylic acids is 1. The molecule has 0 aliphatic carbocycles. The molecule has 0 bridgehead atoms. The molecule has 0 radical (unpaired) electrons. The predicted molar refractivity (Wildman–Crippen MR) is 80.7 cm³/mol. The minimum absolute atomic E-state index is 0.170. The van der Waals surface area contributed by atoms with Gasteiger partial charge < -0.3 is 9.84 Å². The fourth-order valence-corrected chi connectivity index (χ4v) is 2.09. The van der Waals surface area contributed by atoms with Crippen molar-refractivity contribution in [2.75, 3.05) is 0 Å². The molecule has 0 saturated heterocycles. The van der Waals surface area contributed by atoms with Crippen LogP contribution in [-0.4, -0.2) is 17.0 Å². The lowest BCUT2D eigenvalue weighted by molar-refractivity contribution is -0.145. The van der Waals surface area contributed by atoms with Gasteiger partial charge in [0.1, 0.15) is 6.61 Å². The Morgan fingerprint density at radius 1 is 1.10 bits per heavy atom. The van der Waals surface area contributed by atoms with E-state index < -0.39 is 5.97 Å². The summed E-state index contributed by atoms with van der Waals surface area (Å²) in [7, 11) is 0. The summed E-state index contributed by atoms with van der Waals surface area (Å²) in [6.07, 6.45) is 4.00. The Morgan fingerprint density at radius 3 is 2.48 bits per heavy atom. The van der Waals surface area contributed by atoms with Gasteiger partial charge >= 0.3 is 11.9 Å². The van der Waals surface area contributed by atoms with Crippen LogP contribution in [-0.2, 0) is 20.9 Å². The number of benzene rings is 1. The summed E-state index contributed by atoms with van der Waals surface area (Å²) in [6.45, 7) is 2.41. The van der Waals surface area contributed by atoms with Gasteiger partial charge in [0, 0.05) is 12.8 Å². The zero-order chi connectivity index (χ0) is 15.5. The zero-order valence-corrected chi connectivity index (χ0v) is 12.6. The van der Waals surface area contributed by atoms with Crippen molar-refractivity contribution in [2.24, 2.45) is 5.92 Å². The van der Waals surface area contributed by atoms with E-state index in [0.717, 1.165) is 24.8 Å². The lowest BCUT2D eigenvalue weighted by Crippen LogP contribution is -2.07. The lowest BCUT2D eigenvalue weighted by Gasteiger charge is -2.10. The van der Waals surface area contributed by atoms with Crippen LogP contribution in [0.2, 0.25) is 0 Å². The largest absolute Gasteiger partial charge is 0.481 e. The minimum atomic E-state index is -0.743. The van der Waals surface area contributed by atoms with E-state index in [1.54, 1.807) is 0 Å². The highest BCUT2D eigenvalue weighted by Gasteiger charge is 2.08. The Morgan fingerprint density at radius 2 is 1.81 bits per heavy atom. The number of ether oxygens (including phenoxy) is 1. The van der Waals surface area contributed by atoms with Crippen LogP contribution in [0.1, 0.15) is 51.0 Å². The number of unbranched alkanes of at least 4 members (excludes halogenated alkanes) is 1. The highest BCUT2D eigenvalue weighted by molar-refractivity contribution is 5.69. The van der Waals surface area contributed by atoms with Gasteiger partial charge in [0.05, 0.1) is 0 Å². The standard InChI is InChI=1S/C17H24O4/c1-14(7-5-6-10-16(18)19)11-12-17(20)21-13-15-8-3-2-4-9-15/h2-4,8-9,14H,5-7,10-13H2,1H3,(H,18,19). The molecule has 0 aromatic heterocycles. The van der Waals surface area contributed by atoms with Crippen LogP contribution in [0.25, 0.3) is 0 Å². The molecule has 1 N–H and O–H groups in total. The van der Waals surface area contributed by atoms with Crippen molar-refractivity contribution in [3.05, 3.63) is 35.9 Å². The Kier molecular flexibility index (Phi) is 8.17. The van der Waals surface area contributed by atoms with Gasteiger partial charge in [0.2, 0.25) is 0 Å². The third kappa shape index (κ3) is 8.84. The molecule has 0 amide bonds. The smallest absolute Gasteiger partial charge is 0.306 e. The molecular formula is C17H24O4. The van der Waals surface area contributed by atoms with Crippen LogP contribution < -0.4 is 0 Å². The quantitative estimate of drug-likeness (QED) is 0.526. The van der Waals surface area contributed by atoms with Crippen LogP contribution >= 0.6 is 0 Å². The van der Waals surface area contributed by atoms with Gasteiger partial charge in [-0.25, -0.2) is 0 Å². The van der Waals surface area contributed by atoms with Gasteiger partial charge in [-0.05, 0) is 24.3 Å². The molecule has 1 aromatic carbocycles.